The maximum Gasteiger partial charge on any atom is 0.434 e. The number of β-amino-alcohol motifs (C(OH)–C–C–N with tert-alkyl or cyclic N) is 1. The number of aromatic nitrogens is 2. The molecule has 2 heterocycles. The molecule has 1 aliphatic rings. The number of alkyl halides is 3. The van der Waals surface area contributed by atoms with Gasteiger partial charge in [0.15, 0.2) is 5.69 Å². The normalized spacial score (nSPS) is 17.1. The van der Waals surface area contributed by atoms with Gasteiger partial charge in [0.05, 0.1) is 19.2 Å². The maximum absolute atomic E-state index is 13.6. The monoisotopic (exact) mass is 502 g/mol. The number of aliphatic hydroxyl groups excluding tert-OH is 1. The van der Waals surface area contributed by atoms with E-state index >= 15 is 0 Å². The van der Waals surface area contributed by atoms with E-state index in [-0.39, 0.29) is 19.0 Å². The molecule has 31 heavy (non-hydrogen) atoms. The lowest BCUT2D eigenvalue weighted by Gasteiger charge is -2.39. The molecule has 1 atom stereocenters. The van der Waals surface area contributed by atoms with Gasteiger partial charge in [0, 0.05) is 32.7 Å². The van der Waals surface area contributed by atoms with Gasteiger partial charge in [0.25, 0.3) is 5.56 Å². The number of hydrogen-bond acceptors (Lipinski definition) is 5. The molecule has 1 aromatic carbocycles. The number of halogens is 4. The van der Waals surface area contributed by atoms with Crippen LogP contribution in [0, 0.1) is 0 Å². The Morgan fingerprint density at radius 1 is 1.16 bits per heavy atom. The first-order valence-corrected chi connectivity index (χ1v) is 11.0. The first-order valence-electron chi connectivity index (χ1n) is 10.2. The van der Waals surface area contributed by atoms with Crippen LogP contribution in [0.3, 0.4) is 0 Å². The van der Waals surface area contributed by atoms with Crippen molar-refractivity contribution in [2.45, 2.75) is 32.1 Å². The summed E-state index contributed by atoms with van der Waals surface area (Å²) < 4.78 is 41.7. The summed E-state index contributed by atoms with van der Waals surface area (Å²) >= 11 is 2.85. The highest BCUT2D eigenvalue weighted by Gasteiger charge is 2.39. The summed E-state index contributed by atoms with van der Waals surface area (Å²) in [5, 5.41) is 9.14. The van der Waals surface area contributed by atoms with Crippen molar-refractivity contribution in [2.24, 2.45) is 0 Å². The molecular formula is C21H26BrF3N4O2. The fourth-order valence-electron chi connectivity index (χ4n) is 3.95. The number of piperazine rings is 1. The first kappa shape index (κ1) is 23.9. The second kappa shape index (κ2) is 10.2. The van der Waals surface area contributed by atoms with Crippen LogP contribution in [0.25, 0.3) is 0 Å². The Kier molecular flexibility index (Phi) is 7.90. The molecule has 6 nitrogen and oxygen atoms in total. The van der Waals surface area contributed by atoms with E-state index in [9.17, 15) is 18.0 Å². The van der Waals surface area contributed by atoms with E-state index in [4.69, 9.17) is 5.11 Å². The molecule has 0 aliphatic carbocycles. The standard InChI is InChI=1S/C21H26BrF3N4O2/c1-2-16(28-10-8-27(9-11-28)12-13-30)19-26-18(21(23,24)25)17(22)20(31)29(19)14-15-6-4-3-5-7-15/h3-7,16,30H,2,8-14H2,1H3. The van der Waals surface area contributed by atoms with E-state index in [0.29, 0.717) is 39.1 Å². The lowest BCUT2D eigenvalue weighted by molar-refractivity contribution is -0.142. The highest BCUT2D eigenvalue weighted by atomic mass is 79.9. The first-order chi connectivity index (χ1) is 14.8. The van der Waals surface area contributed by atoms with Crippen LogP contribution in [0.4, 0.5) is 13.2 Å². The van der Waals surface area contributed by atoms with Crippen LogP contribution >= 0.6 is 15.9 Å². The van der Waals surface area contributed by atoms with Gasteiger partial charge >= 0.3 is 6.18 Å². The van der Waals surface area contributed by atoms with E-state index < -0.39 is 27.9 Å². The molecular weight excluding hydrogens is 477 g/mol. The topological polar surface area (TPSA) is 61.6 Å². The van der Waals surface area contributed by atoms with Crippen LogP contribution in [0.15, 0.2) is 39.6 Å². The minimum atomic E-state index is -4.74. The van der Waals surface area contributed by atoms with E-state index in [1.165, 1.54) is 4.57 Å². The molecule has 1 unspecified atom stereocenters. The zero-order valence-corrected chi connectivity index (χ0v) is 18.9. The van der Waals surface area contributed by atoms with Gasteiger partial charge in [-0.1, -0.05) is 37.3 Å². The van der Waals surface area contributed by atoms with Crippen molar-refractivity contribution in [1.82, 2.24) is 19.4 Å². The van der Waals surface area contributed by atoms with Crippen LogP contribution in [0.1, 0.15) is 36.5 Å². The lowest BCUT2D eigenvalue weighted by atomic mass is 10.1. The van der Waals surface area contributed by atoms with Crippen LogP contribution in [0.5, 0.6) is 0 Å². The summed E-state index contributed by atoms with van der Waals surface area (Å²) in [7, 11) is 0. The van der Waals surface area contributed by atoms with Crippen molar-refractivity contribution in [1.29, 1.82) is 0 Å². The quantitative estimate of drug-likeness (QED) is 0.630. The van der Waals surface area contributed by atoms with Crippen molar-refractivity contribution >= 4 is 15.9 Å². The maximum atomic E-state index is 13.6. The molecule has 1 saturated heterocycles. The third-order valence-corrected chi connectivity index (χ3v) is 6.26. The number of nitrogens with zero attached hydrogens (tertiary/aromatic N) is 4. The van der Waals surface area contributed by atoms with E-state index in [1.54, 1.807) is 0 Å². The zero-order valence-electron chi connectivity index (χ0n) is 17.3. The minimum absolute atomic E-state index is 0.0665. The summed E-state index contributed by atoms with van der Waals surface area (Å²) in [6.07, 6.45) is -4.23. The Hall–Kier alpha value is -1.75. The van der Waals surface area contributed by atoms with Crippen molar-refractivity contribution in [3.8, 4) is 0 Å². The Labute approximate surface area is 187 Å². The number of benzene rings is 1. The molecule has 0 amide bonds. The molecule has 1 aliphatic heterocycles. The van der Waals surface area contributed by atoms with Crippen molar-refractivity contribution < 1.29 is 18.3 Å². The zero-order chi connectivity index (χ0) is 22.6. The Morgan fingerprint density at radius 3 is 2.35 bits per heavy atom. The molecule has 3 rings (SSSR count). The van der Waals surface area contributed by atoms with Crippen molar-refractivity contribution in [2.75, 3.05) is 39.3 Å². The summed E-state index contributed by atoms with van der Waals surface area (Å²) in [4.78, 5) is 21.2. The molecule has 170 valence electrons. The number of hydrogen-bond donors (Lipinski definition) is 1. The van der Waals surface area contributed by atoms with E-state index in [0.717, 1.165) is 5.56 Å². The Bertz CT molecular complexity index is 929. The van der Waals surface area contributed by atoms with E-state index in [1.807, 2.05) is 37.3 Å². The largest absolute Gasteiger partial charge is 0.434 e. The average molecular weight is 503 g/mol. The third kappa shape index (κ3) is 5.54. The fourth-order valence-corrected chi connectivity index (χ4v) is 4.48. The van der Waals surface area contributed by atoms with Crippen LogP contribution in [-0.2, 0) is 12.7 Å². The van der Waals surface area contributed by atoms with Gasteiger partial charge in [0.1, 0.15) is 10.3 Å². The van der Waals surface area contributed by atoms with Gasteiger partial charge in [-0.05, 0) is 27.9 Å². The predicted octanol–water partition coefficient (Wildman–Crippen LogP) is 3.13. The smallest absolute Gasteiger partial charge is 0.395 e. The summed E-state index contributed by atoms with van der Waals surface area (Å²) in [6, 6.07) is 8.72. The molecule has 1 N–H and O–H groups in total. The predicted molar refractivity (Wildman–Crippen MR) is 115 cm³/mol. The molecule has 0 bridgehead atoms. The van der Waals surface area contributed by atoms with Gasteiger partial charge in [-0.2, -0.15) is 13.2 Å². The summed E-state index contributed by atoms with van der Waals surface area (Å²) in [5.41, 5.74) is -1.12. The molecule has 1 fully saturated rings. The highest BCUT2D eigenvalue weighted by molar-refractivity contribution is 9.10. The molecule has 10 heteroatoms. The minimum Gasteiger partial charge on any atom is -0.395 e. The number of rotatable bonds is 7. The van der Waals surface area contributed by atoms with Gasteiger partial charge in [-0.25, -0.2) is 4.98 Å². The Balaban J connectivity index is 2.04. The van der Waals surface area contributed by atoms with Crippen molar-refractivity contribution in [3.63, 3.8) is 0 Å². The molecule has 1 aromatic heterocycles. The van der Waals surface area contributed by atoms with Gasteiger partial charge < -0.3 is 5.11 Å². The SMILES string of the molecule is CCC(c1nc(C(F)(F)F)c(Br)c(=O)n1Cc1ccccc1)N1CCN(CCO)CC1. The lowest BCUT2D eigenvalue weighted by Crippen LogP contribution is -2.49. The Morgan fingerprint density at radius 2 is 1.81 bits per heavy atom. The van der Waals surface area contributed by atoms with Crippen molar-refractivity contribution in [3.05, 3.63) is 62.2 Å². The summed E-state index contributed by atoms with van der Waals surface area (Å²) in [6.45, 7) is 5.30. The fraction of sp³-hybridized carbons (Fsp3) is 0.524. The van der Waals surface area contributed by atoms with Crippen LogP contribution in [-0.4, -0.2) is 63.8 Å². The molecule has 0 spiro atoms. The molecule has 2 aromatic rings. The van der Waals surface area contributed by atoms with Crippen LogP contribution < -0.4 is 5.56 Å². The van der Waals surface area contributed by atoms with E-state index in [2.05, 4.69) is 30.7 Å². The van der Waals surface area contributed by atoms with Crippen LogP contribution in [0.2, 0.25) is 0 Å². The highest BCUT2D eigenvalue weighted by Crippen LogP contribution is 2.34. The third-order valence-electron chi connectivity index (χ3n) is 5.54. The summed E-state index contributed by atoms with van der Waals surface area (Å²) in [5.74, 6) is 0.127. The van der Waals surface area contributed by atoms with Gasteiger partial charge in [-0.15, -0.1) is 0 Å². The second-order valence-electron chi connectivity index (χ2n) is 7.53. The number of aliphatic hydroxyl groups is 1. The van der Waals surface area contributed by atoms with Gasteiger partial charge in [0.2, 0.25) is 0 Å². The average Bonchev–Trinajstić information content (AvgIpc) is 2.74. The molecule has 0 radical (unpaired) electrons. The second-order valence-corrected chi connectivity index (χ2v) is 8.33. The van der Waals surface area contributed by atoms with Gasteiger partial charge in [-0.3, -0.25) is 19.2 Å². The molecule has 0 saturated carbocycles.